The number of fused-ring (bicyclic) bond motifs is 4. The average molecular weight is 653 g/mol. The molecule has 2 aliphatic rings. The monoisotopic (exact) mass is 652 g/mol. The first-order chi connectivity index (χ1) is 24.5. The molecule has 2 heterocycles. The SMILES string of the molecule is CCCCC1(CCCC)c2ccccc2N(C)c2cc(-c3ccc4c(c3)N(C)c3ccccc3C4(c3ccccc3)c3ccccc3)ccc21. The molecule has 50 heavy (non-hydrogen) atoms. The third-order valence-corrected chi connectivity index (χ3v) is 11.7. The average Bonchev–Trinajstić information content (AvgIpc) is 3.18. The molecule has 8 rings (SSSR count). The second-order valence-electron chi connectivity index (χ2n) is 14.4. The molecule has 0 aromatic heterocycles. The van der Waals surface area contributed by atoms with Crippen molar-refractivity contribution in [3.63, 3.8) is 0 Å². The molecule has 0 atom stereocenters. The number of benzene rings is 6. The predicted molar refractivity (Wildman–Crippen MR) is 213 cm³/mol. The normalized spacial score (nSPS) is 15.1. The van der Waals surface area contributed by atoms with Gasteiger partial charge in [0.15, 0.2) is 0 Å². The lowest BCUT2D eigenvalue weighted by molar-refractivity contribution is 0.403. The molecule has 0 amide bonds. The Kier molecular flexibility index (Phi) is 8.35. The van der Waals surface area contributed by atoms with Gasteiger partial charge in [-0.05, 0) is 81.6 Å². The molecule has 0 fully saturated rings. The number of nitrogens with zero attached hydrogens (tertiary/aromatic N) is 2. The molecular weight excluding hydrogens is 605 g/mol. The van der Waals surface area contributed by atoms with E-state index in [1.54, 1.807) is 0 Å². The highest BCUT2D eigenvalue weighted by Gasteiger charge is 2.46. The van der Waals surface area contributed by atoms with Crippen molar-refractivity contribution in [2.45, 2.75) is 63.2 Å². The first-order valence-electron chi connectivity index (χ1n) is 18.6. The zero-order valence-electron chi connectivity index (χ0n) is 30.0. The van der Waals surface area contributed by atoms with Crippen molar-refractivity contribution in [1.82, 2.24) is 0 Å². The molecule has 0 saturated carbocycles. The van der Waals surface area contributed by atoms with Crippen LogP contribution in [0.1, 0.15) is 85.8 Å². The van der Waals surface area contributed by atoms with Crippen LogP contribution in [0.15, 0.2) is 146 Å². The number of para-hydroxylation sites is 2. The van der Waals surface area contributed by atoms with E-state index in [2.05, 4.69) is 183 Å². The van der Waals surface area contributed by atoms with Crippen molar-refractivity contribution in [3.8, 4) is 11.1 Å². The van der Waals surface area contributed by atoms with Crippen LogP contribution in [0.3, 0.4) is 0 Å². The molecular formula is C48H48N2. The van der Waals surface area contributed by atoms with E-state index in [1.165, 1.54) is 106 Å². The van der Waals surface area contributed by atoms with Crippen molar-refractivity contribution in [2.24, 2.45) is 0 Å². The van der Waals surface area contributed by atoms with Crippen molar-refractivity contribution in [1.29, 1.82) is 0 Å². The van der Waals surface area contributed by atoms with Gasteiger partial charge < -0.3 is 9.80 Å². The van der Waals surface area contributed by atoms with Crippen molar-refractivity contribution < 1.29 is 0 Å². The highest BCUT2D eigenvalue weighted by atomic mass is 15.1. The lowest BCUT2D eigenvalue weighted by Gasteiger charge is -2.46. The van der Waals surface area contributed by atoms with Gasteiger partial charge in [0, 0.05) is 42.3 Å². The zero-order valence-corrected chi connectivity index (χ0v) is 30.0. The Morgan fingerprint density at radius 1 is 0.420 bits per heavy atom. The van der Waals surface area contributed by atoms with Crippen LogP contribution in [-0.2, 0) is 10.8 Å². The maximum atomic E-state index is 2.47. The standard InChI is InChI=1S/C48H48N2/c1-5-7-31-47(32-8-6-2)39-23-15-17-25-43(39)49(3)45-33-35(27-29-40(45)47)36-28-30-42-46(34-36)50(4)44-26-18-16-24-41(44)48(42,37-19-11-9-12-20-37)38-21-13-10-14-22-38/h9-30,33-34H,5-8,31-32H2,1-4H3. The Hall–Kier alpha value is -5.08. The molecule has 0 aliphatic carbocycles. The third kappa shape index (κ3) is 4.83. The molecule has 2 aliphatic heterocycles. The summed E-state index contributed by atoms with van der Waals surface area (Å²) in [6.45, 7) is 4.66. The van der Waals surface area contributed by atoms with E-state index >= 15 is 0 Å². The minimum atomic E-state index is -0.447. The Morgan fingerprint density at radius 2 is 0.820 bits per heavy atom. The van der Waals surface area contributed by atoms with Crippen molar-refractivity contribution in [3.05, 3.63) is 179 Å². The molecule has 0 N–H and O–H groups in total. The molecule has 0 radical (unpaired) electrons. The van der Waals surface area contributed by atoms with Gasteiger partial charge in [-0.25, -0.2) is 0 Å². The second-order valence-corrected chi connectivity index (χ2v) is 14.4. The van der Waals surface area contributed by atoms with Crippen LogP contribution < -0.4 is 9.80 Å². The van der Waals surface area contributed by atoms with Gasteiger partial charge in [-0.15, -0.1) is 0 Å². The van der Waals surface area contributed by atoms with Crippen LogP contribution in [-0.4, -0.2) is 14.1 Å². The van der Waals surface area contributed by atoms with Crippen LogP contribution >= 0.6 is 0 Å². The van der Waals surface area contributed by atoms with Gasteiger partial charge in [-0.1, -0.05) is 161 Å². The first kappa shape index (κ1) is 32.1. The summed E-state index contributed by atoms with van der Waals surface area (Å²) in [5.41, 5.74) is 15.4. The number of unbranched alkanes of at least 4 members (excludes halogenated alkanes) is 2. The molecule has 0 saturated heterocycles. The fraction of sp³-hybridized carbons (Fsp3) is 0.250. The van der Waals surface area contributed by atoms with Crippen LogP contribution in [0, 0.1) is 0 Å². The van der Waals surface area contributed by atoms with Gasteiger partial charge in [0.2, 0.25) is 0 Å². The first-order valence-corrected chi connectivity index (χ1v) is 18.6. The molecule has 2 nitrogen and oxygen atoms in total. The highest BCUT2D eigenvalue weighted by molar-refractivity contribution is 5.87. The lowest BCUT2D eigenvalue weighted by atomic mass is 9.62. The third-order valence-electron chi connectivity index (χ3n) is 11.7. The Labute approximate surface area is 299 Å². The van der Waals surface area contributed by atoms with Gasteiger partial charge in [0.05, 0.1) is 5.41 Å². The van der Waals surface area contributed by atoms with E-state index in [0.29, 0.717) is 0 Å². The van der Waals surface area contributed by atoms with E-state index < -0.39 is 5.41 Å². The number of rotatable bonds is 9. The smallest absolute Gasteiger partial charge is 0.0742 e. The summed E-state index contributed by atoms with van der Waals surface area (Å²) in [7, 11) is 4.49. The maximum absolute atomic E-state index is 2.47. The minimum Gasteiger partial charge on any atom is -0.344 e. The topological polar surface area (TPSA) is 6.48 Å². The molecule has 2 heteroatoms. The zero-order chi connectivity index (χ0) is 34.3. The molecule has 0 bridgehead atoms. The van der Waals surface area contributed by atoms with E-state index in [1.807, 2.05) is 0 Å². The maximum Gasteiger partial charge on any atom is 0.0742 e. The molecule has 0 spiro atoms. The molecule has 0 unspecified atom stereocenters. The lowest BCUT2D eigenvalue weighted by Crippen LogP contribution is -2.37. The van der Waals surface area contributed by atoms with E-state index in [0.717, 1.165) is 0 Å². The van der Waals surface area contributed by atoms with E-state index in [4.69, 9.17) is 0 Å². The Balaban J connectivity index is 1.33. The quantitative estimate of drug-likeness (QED) is 0.153. The summed E-state index contributed by atoms with van der Waals surface area (Å²) in [6, 6.07) is 54.8. The molecule has 250 valence electrons. The van der Waals surface area contributed by atoms with Crippen molar-refractivity contribution >= 4 is 22.7 Å². The summed E-state index contributed by atoms with van der Waals surface area (Å²) in [5, 5.41) is 0. The van der Waals surface area contributed by atoms with Gasteiger partial charge in [0.1, 0.15) is 0 Å². The van der Waals surface area contributed by atoms with Crippen LogP contribution in [0.2, 0.25) is 0 Å². The summed E-state index contributed by atoms with van der Waals surface area (Å²) >= 11 is 0. The van der Waals surface area contributed by atoms with Crippen LogP contribution in [0.5, 0.6) is 0 Å². The van der Waals surface area contributed by atoms with Crippen LogP contribution in [0.25, 0.3) is 11.1 Å². The minimum absolute atomic E-state index is 0.0355. The molecule has 6 aromatic rings. The van der Waals surface area contributed by atoms with E-state index in [9.17, 15) is 0 Å². The fourth-order valence-electron chi connectivity index (χ4n) is 9.29. The molecule has 6 aromatic carbocycles. The summed E-state index contributed by atoms with van der Waals surface area (Å²) < 4.78 is 0. The van der Waals surface area contributed by atoms with Gasteiger partial charge in [-0.3, -0.25) is 0 Å². The fourth-order valence-corrected chi connectivity index (χ4v) is 9.29. The number of anilines is 4. The highest BCUT2D eigenvalue weighted by Crippen LogP contribution is 2.57. The second kappa shape index (κ2) is 13.0. The largest absolute Gasteiger partial charge is 0.344 e. The Morgan fingerprint density at radius 3 is 1.36 bits per heavy atom. The summed E-state index contributed by atoms with van der Waals surface area (Å²) in [5.74, 6) is 0. The number of hydrogen-bond acceptors (Lipinski definition) is 2. The van der Waals surface area contributed by atoms with Gasteiger partial charge in [0.25, 0.3) is 0 Å². The predicted octanol–water partition coefficient (Wildman–Crippen LogP) is 12.6. The number of hydrogen-bond donors (Lipinski definition) is 0. The van der Waals surface area contributed by atoms with Crippen molar-refractivity contribution in [2.75, 3.05) is 23.9 Å². The van der Waals surface area contributed by atoms with E-state index in [-0.39, 0.29) is 5.41 Å². The van der Waals surface area contributed by atoms with Crippen LogP contribution in [0.4, 0.5) is 22.7 Å². The summed E-state index contributed by atoms with van der Waals surface area (Å²) in [4.78, 5) is 4.85. The summed E-state index contributed by atoms with van der Waals surface area (Å²) in [6.07, 6.45) is 7.24. The van der Waals surface area contributed by atoms with Gasteiger partial charge in [-0.2, -0.15) is 0 Å². The Bertz CT molecular complexity index is 2080. The van der Waals surface area contributed by atoms with Gasteiger partial charge >= 0.3 is 0 Å².